The molecule has 3 aliphatic rings. The highest BCUT2D eigenvalue weighted by Crippen LogP contribution is 2.55. The summed E-state index contributed by atoms with van der Waals surface area (Å²) in [7, 11) is -4.29. The summed E-state index contributed by atoms with van der Waals surface area (Å²) in [6, 6.07) is 0. The van der Waals surface area contributed by atoms with Gasteiger partial charge < -0.3 is 14.0 Å². The van der Waals surface area contributed by atoms with Crippen LogP contribution in [0.1, 0.15) is 100 Å². The maximum Gasteiger partial charge on any atom is 0.195 e. The monoisotopic (exact) mass is 558 g/mol. The minimum absolute atomic E-state index is 0.0117. The van der Waals surface area contributed by atoms with Crippen LogP contribution in [0.2, 0.25) is 36.3 Å². The molecule has 0 saturated heterocycles. The highest BCUT2D eigenvalue weighted by molar-refractivity contribution is 6.74. The van der Waals surface area contributed by atoms with E-state index < -0.39 is 22.4 Å². The molecule has 3 rings (SSSR count). The van der Waals surface area contributed by atoms with Gasteiger partial charge in [0.15, 0.2) is 22.4 Å². The van der Waals surface area contributed by atoms with Gasteiger partial charge in [0.2, 0.25) is 0 Å². The summed E-state index contributed by atoms with van der Waals surface area (Å²) in [5.41, 5.74) is 5.61. The Hall–Kier alpha value is -0.726. The van der Waals surface area contributed by atoms with E-state index in [1.807, 2.05) is 0 Å². The number of hydrogen-bond donors (Lipinski definition) is 1. The van der Waals surface area contributed by atoms with Gasteiger partial charge in [-0.3, -0.25) is 0 Å². The summed E-state index contributed by atoms with van der Waals surface area (Å²) < 4.78 is 13.7. The fourth-order valence-corrected chi connectivity index (χ4v) is 8.98. The summed E-state index contributed by atoms with van der Waals surface area (Å²) in [5.74, 6) is -0.644. The Morgan fingerprint density at radius 2 is 1.66 bits per heavy atom. The van der Waals surface area contributed by atoms with E-state index in [1.54, 1.807) is 11.1 Å². The second-order valence-corrected chi connectivity index (χ2v) is 25.1. The molecule has 38 heavy (non-hydrogen) atoms. The van der Waals surface area contributed by atoms with E-state index in [9.17, 15) is 5.11 Å². The molecule has 3 aliphatic carbocycles. The Bertz CT molecular complexity index is 1000. The second-order valence-electron chi connectivity index (χ2n) is 15.7. The average Bonchev–Trinajstić information content (AvgIpc) is 3.09. The molecule has 0 heterocycles. The van der Waals surface area contributed by atoms with Crippen LogP contribution < -0.4 is 0 Å². The van der Waals surface area contributed by atoms with Gasteiger partial charge in [-0.25, -0.2) is 0 Å². The maximum absolute atomic E-state index is 12.1. The standard InChI is InChI=1S/C33H58O3Si2/c1-14-27-19-20-28-25(16-15-21-32(27,28)9)17-18-26-22-33(34,36-38(12,13)31(6,7)8)23-29(24(26)2)35-37(10,11)30(3,4)5/h17-19,28-29,34H,2,14-16,20-23H2,1,3-13H3/t28-,29?,32+,33-/m0/s1. The summed E-state index contributed by atoms with van der Waals surface area (Å²) in [4.78, 5) is 0. The fourth-order valence-electron chi connectivity index (χ4n) is 6.28. The van der Waals surface area contributed by atoms with Crippen LogP contribution >= 0.6 is 0 Å². The van der Waals surface area contributed by atoms with Crippen LogP contribution in [0.15, 0.2) is 47.1 Å². The highest BCUT2D eigenvalue weighted by atomic mass is 28.4. The van der Waals surface area contributed by atoms with E-state index in [0.717, 1.165) is 30.4 Å². The summed E-state index contributed by atoms with van der Waals surface area (Å²) in [6.45, 7) is 31.9. The fraction of sp³-hybridized carbons (Fsp3) is 0.758. The molecule has 0 radical (unpaired) electrons. The zero-order valence-electron chi connectivity index (χ0n) is 26.8. The normalized spacial score (nSPS) is 33.6. The second kappa shape index (κ2) is 10.6. The lowest BCUT2D eigenvalue weighted by atomic mass is 9.64. The first-order valence-electron chi connectivity index (χ1n) is 15.0. The Labute approximate surface area is 237 Å². The lowest BCUT2D eigenvalue weighted by Gasteiger charge is -2.49. The molecule has 3 nitrogen and oxygen atoms in total. The molecule has 2 saturated carbocycles. The van der Waals surface area contributed by atoms with Crippen LogP contribution in [-0.2, 0) is 8.85 Å². The van der Waals surface area contributed by atoms with Gasteiger partial charge in [-0.2, -0.15) is 0 Å². The van der Waals surface area contributed by atoms with Gasteiger partial charge in [-0.15, -0.1) is 0 Å². The molecule has 4 atom stereocenters. The molecule has 2 fully saturated rings. The molecule has 0 aliphatic heterocycles. The molecular formula is C33H58O3Si2. The van der Waals surface area contributed by atoms with E-state index in [2.05, 4.69) is 106 Å². The van der Waals surface area contributed by atoms with Gasteiger partial charge in [0.1, 0.15) is 0 Å². The van der Waals surface area contributed by atoms with Gasteiger partial charge in [0.05, 0.1) is 6.10 Å². The number of aliphatic hydroxyl groups is 1. The zero-order chi connectivity index (χ0) is 28.9. The van der Waals surface area contributed by atoms with Gasteiger partial charge in [0, 0.05) is 12.8 Å². The van der Waals surface area contributed by atoms with Gasteiger partial charge in [-0.05, 0) is 90.8 Å². The van der Waals surface area contributed by atoms with Crippen molar-refractivity contribution in [3.8, 4) is 0 Å². The Morgan fingerprint density at radius 3 is 2.21 bits per heavy atom. The van der Waals surface area contributed by atoms with Crippen molar-refractivity contribution in [3.63, 3.8) is 0 Å². The topological polar surface area (TPSA) is 38.7 Å². The van der Waals surface area contributed by atoms with E-state index in [1.165, 1.54) is 12.8 Å². The Kier molecular flexibility index (Phi) is 8.86. The van der Waals surface area contributed by atoms with Crippen molar-refractivity contribution >= 4 is 16.6 Å². The van der Waals surface area contributed by atoms with Crippen molar-refractivity contribution in [2.75, 3.05) is 0 Å². The molecule has 1 unspecified atom stereocenters. The lowest BCUT2D eigenvalue weighted by Crippen LogP contribution is -2.55. The molecule has 0 aromatic heterocycles. The first kappa shape index (κ1) is 31.8. The smallest absolute Gasteiger partial charge is 0.195 e. The van der Waals surface area contributed by atoms with Crippen molar-refractivity contribution in [2.24, 2.45) is 11.3 Å². The summed E-state index contributed by atoms with van der Waals surface area (Å²) in [5, 5.41) is 12.1. The lowest BCUT2D eigenvalue weighted by molar-refractivity contribution is -0.168. The zero-order valence-corrected chi connectivity index (χ0v) is 28.8. The average molecular weight is 559 g/mol. The predicted octanol–water partition coefficient (Wildman–Crippen LogP) is 9.84. The molecule has 0 aromatic rings. The van der Waals surface area contributed by atoms with E-state index in [0.29, 0.717) is 24.2 Å². The molecule has 0 aromatic carbocycles. The van der Waals surface area contributed by atoms with E-state index in [-0.39, 0.29) is 16.2 Å². The largest absolute Gasteiger partial charge is 0.410 e. The molecule has 1 N–H and O–H groups in total. The van der Waals surface area contributed by atoms with Crippen molar-refractivity contribution in [1.82, 2.24) is 0 Å². The first-order chi connectivity index (χ1) is 17.2. The molecule has 0 bridgehead atoms. The molecule has 5 heteroatoms. The van der Waals surface area contributed by atoms with E-state index in [4.69, 9.17) is 8.85 Å². The first-order valence-corrected chi connectivity index (χ1v) is 20.9. The molecule has 0 amide bonds. The van der Waals surface area contributed by atoms with Crippen LogP contribution in [0.25, 0.3) is 0 Å². The summed E-state index contributed by atoms with van der Waals surface area (Å²) >= 11 is 0. The van der Waals surface area contributed by atoms with Gasteiger partial charge in [0.25, 0.3) is 0 Å². The minimum Gasteiger partial charge on any atom is -0.410 e. The van der Waals surface area contributed by atoms with Crippen LogP contribution in [0.5, 0.6) is 0 Å². The number of allylic oxidation sites excluding steroid dienone is 5. The molecule has 216 valence electrons. The third-order valence-corrected chi connectivity index (χ3v) is 19.8. The molecular weight excluding hydrogens is 501 g/mol. The van der Waals surface area contributed by atoms with Crippen molar-refractivity contribution < 1.29 is 14.0 Å². The third-order valence-electron chi connectivity index (χ3n) is 10.9. The Balaban J connectivity index is 1.98. The third kappa shape index (κ3) is 6.27. The van der Waals surface area contributed by atoms with E-state index >= 15 is 0 Å². The summed E-state index contributed by atoms with van der Waals surface area (Å²) in [6.07, 6.45) is 13.8. The van der Waals surface area contributed by atoms with Crippen LogP contribution in [0, 0.1) is 11.3 Å². The quantitative estimate of drug-likeness (QED) is 0.200. The van der Waals surface area contributed by atoms with Crippen molar-refractivity contribution in [1.29, 1.82) is 0 Å². The highest BCUT2D eigenvalue weighted by Gasteiger charge is 2.50. The van der Waals surface area contributed by atoms with Gasteiger partial charge >= 0.3 is 0 Å². The number of hydrogen-bond acceptors (Lipinski definition) is 3. The molecule has 0 spiro atoms. The predicted molar refractivity (Wildman–Crippen MR) is 168 cm³/mol. The minimum atomic E-state index is -2.21. The van der Waals surface area contributed by atoms with Gasteiger partial charge in [-0.1, -0.05) is 91.3 Å². The number of fused-ring (bicyclic) bond motifs is 1. The SMILES string of the molecule is C=C1C(=CC=C2CCC[C@]3(C)C(CC)=CC[C@@H]23)C[C@](O)(O[Si](C)(C)C(C)(C)C)CC1O[Si](C)(C)C(C)(C)C. The maximum atomic E-state index is 12.1. The van der Waals surface area contributed by atoms with Crippen LogP contribution in [0.4, 0.5) is 0 Å². The number of rotatable bonds is 6. The van der Waals surface area contributed by atoms with Crippen LogP contribution in [0.3, 0.4) is 0 Å². The van der Waals surface area contributed by atoms with Crippen LogP contribution in [-0.4, -0.2) is 33.6 Å². The Morgan fingerprint density at radius 1 is 1.05 bits per heavy atom. The van der Waals surface area contributed by atoms with Crippen molar-refractivity contribution in [2.45, 2.75) is 148 Å². The van der Waals surface area contributed by atoms with Crippen molar-refractivity contribution in [3.05, 3.63) is 47.1 Å².